The van der Waals surface area contributed by atoms with Crippen molar-refractivity contribution in [2.75, 3.05) is 0 Å². The highest BCUT2D eigenvalue weighted by molar-refractivity contribution is 6.35. The topological polar surface area (TPSA) is 42.2 Å². The predicted molar refractivity (Wildman–Crippen MR) is 54.9 cm³/mol. The van der Waals surface area contributed by atoms with Crippen molar-refractivity contribution in [2.24, 2.45) is 7.05 Å². The summed E-state index contributed by atoms with van der Waals surface area (Å²) < 4.78 is 1.81. The Balaban J connectivity index is 2.77. The Kier molecular flexibility index (Phi) is 1.97. The van der Waals surface area contributed by atoms with E-state index in [0.717, 1.165) is 10.9 Å². The van der Waals surface area contributed by atoms with Gasteiger partial charge in [-0.05, 0) is 12.1 Å². The maximum Gasteiger partial charge on any atom is 0.335 e. The van der Waals surface area contributed by atoms with Crippen LogP contribution in [-0.4, -0.2) is 15.6 Å². The van der Waals surface area contributed by atoms with E-state index in [-0.39, 0.29) is 5.56 Å². The van der Waals surface area contributed by atoms with Crippen molar-refractivity contribution in [3.05, 3.63) is 35.0 Å². The highest BCUT2D eigenvalue weighted by atomic mass is 35.5. The lowest BCUT2D eigenvalue weighted by molar-refractivity contribution is 0.0697. The van der Waals surface area contributed by atoms with Crippen LogP contribution in [0.15, 0.2) is 24.4 Å². The van der Waals surface area contributed by atoms with Crippen molar-refractivity contribution in [3.63, 3.8) is 0 Å². The molecule has 0 aliphatic heterocycles. The van der Waals surface area contributed by atoms with E-state index in [1.54, 1.807) is 24.4 Å². The molecule has 0 amide bonds. The Labute approximate surface area is 85.5 Å². The smallest absolute Gasteiger partial charge is 0.335 e. The van der Waals surface area contributed by atoms with E-state index in [1.807, 2.05) is 11.6 Å². The number of hydrogen-bond donors (Lipinski definition) is 1. The molecule has 0 radical (unpaired) electrons. The Morgan fingerprint density at radius 2 is 2.21 bits per heavy atom. The Morgan fingerprint density at radius 1 is 1.50 bits per heavy atom. The van der Waals surface area contributed by atoms with Gasteiger partial charge >= 0.3 is 5.97 Å². The molecule has 0 aliphatic rings. The molecule has 2 aromatic rings. The molecular formula is C10H8ClNO2. The average Bonchev–Trinajstić information content (AvgIpc) is 2.42. The number of halogens is 1. The van der Waals surface area contributed by atoms with Crippen LogP contribution in [0.5, 0.6) is 0 Å². The number of benzene rings is 1. The van der Waals surface area contributed by atoms with Crippen molar-refractivity contribution in [1.29, 1.82) is 0 Å². The lowest BCUT2D eigenvalue weighted by Crippen LogP contribution is -1.96. The number of carboxylic acid groups (broad SMARTS) is 1. The summed E-state index contributed by atoms with van der Waals surface area (Å²) in [7, 11) is 1.83. The maximum atomic E-state index is 10.7. The van der Waals surface area contributed by atoms with Gasteiger partial charge in [0.1, 0.15) is 0 Å². The number of aromatic carboxylic acids is 1. The fourth-order valence-electron chi connectivity index (χ4n) is 1.47. The van der Waals surface area contributed by atoms with Gasteiger partial charge < -0.3 is 9.67 Å². The van der Waals surface area contributed by atoms with Gasteiger partial charge in [-0.25, -0.2) is 4.79 Å². The van der Waals surface area contributed by atoms with Crippen LogP contribution < -0.4 is 0 Å². The first-order valence-electron chi connectivity index (χ1n) is 4.07. The minimum absolute atomic E-state index is 0.273. The SMILES string of the molecule is Cn1cc(Cl)c2ccc(C(=O)O)cc21. The minimum Gasteiger partial charge on any atom is -0.478 e. The van der Waals surface area contributed by atoms with E-state index < -0.39 is 5.97 Å². The number of rotatable bonds is 1. The van der Waals surface area contributed by atoms with Crippen LogP contribution in [0.25, 0.3) is 10.9 Å². The second-order valence-corrected chi connectivity index (χ2v) is 3.53. The third kappa shape index (κ3) is 1.26. The molecule has 1 aromatic carbocycles. The summed E-state index contributed by atoms with van der Waals surface area (Å²) in [5, 5.41) is 10.3. The average molecular weight is 210 g/mol. The molecule has 0 saturated carbocycles. The van der Waals surface area contributed by atoms with Crippen molar-refractivity contribution in [2.45, 2.75) is 0 Å². The van der Waals surface area contributed by atoms with Gasteiger partial charge in [0.25, 0.3) is 0 Å². The van der Waals surface area contributed by atoms with Crippen LogP contribution in [0.3, 0.4) is 0 Å². The fraction of sp³-hybridized carbons (Fsp3) is 0.100. The summed E-state index contributed by atoms with van der Waals surface area (Å²) in [6, 6.07) is 4.89. The lowest BCUT2D eigenvalue weighted by Gasteiger charge is -1.97. The van der Waals surface area contributed by atoms with Gasteiger partial charge in [0.15, 0.2) is 0 Å². The van der Waals surface area contributed by atoms with E-state index in [1.165, 1.54) is 0 Å². The first-order valence-corrected chi connectivity index (χ1v) is 4.45. The van der Waals surface area contributed by atoms with Gasteiger partial charge in [-0.1, -0.05) is 17.7 Å². The number of carbonyl (C=O) groups is 1. The molecule has 0 fully saturated rings. The Morgan fingerprint density at radius 3 is 2.86 bits per heavy atom. The summed E-state index contributed by atoms with van der Waals surface area (Å²) >= 11 is 5.94. The van der Waals surface area contributed by atoms with Crippen molar-refractivity contribution >= 4 is 28.5 Å². The van der Waals surface area contributed by atoms with E-state index in [0.29, 0.717) is 5.02 Å². The molecule has 0 bridgehead atoms. The second-order valence-electron chi connectivity index (χ2n) is 3.13. The molecule has 1 heterocycles. The summed E-state index contributed by atoms with van der Waals surface area (Å²) in [4.78, 5) is 10.7. The van der Waals surface area contributed by atoms with Crippen LogP contribution in [0.2, 0.25) is 5.02 Å². The summed E-state index contributed by atoms with van der Waals surface area (Å²) in [6.45, 7) is 0. The first-order chi connectivity index (χ1) is 6.59. The standard InChI is InChI=1S/C10H8ClNO2/c1-12-5-8(11)7-3-2-6(10(13)14)4-9(7)12/h2-5H,1H3,(H,13,14). The molecule has 2 rings (SSSR count). The second kappa shape index (κ2) is 3.03. The number of hydrogen-bond acceptors (Lipinski definition) is 1. The van der Waals surface area contributed by atoms with E-state index in [4.69, 9.17) is 16.7 Å². The van der Waals surface area contributed by atoms with Gasteiger partial charge in [-0.3, -0.25) is 0 Å². The highest BCUT2D eigenvalue weighted by Gasteiger charge is 2.08. The molecule has 72 valence electrons. The van der Waals surface area contributed by atoms with E-state index >= 15 is 0 Å². The van der Waals surface area contributed by atoms with Gasteiger partial charge in [0.05, 0.1) is 16.1 Å². The van der Waals surface area contributed by atoms with Crippen molar-refractivity contribution in [1.82, 2.24) is 4.57 Å². The Hall–Kier alpha value is -1.48. The summed E-state index contributed by atoms with van der Waals surface area (Å²) in [6.07, 6.45) is 1.76. The first kappa shape index (κ1) is 9.09. The number of nitrogens with zero attached hydrogens (tertiary/aromatic N) is 1. The highest BCUT2D eigenvalue weighted by Crippen LogP contribution is 2.25. The van der Waals surface area contributed by atoms with Crippen molar-refractivity contribution in [3.8, 4) is 0 Å². The molecule has 0 atom stereocenters. The van der Waals surface area contributed by atoms with Gasteiger partial charge in [-0.2, -0.15) is 0 Å². The monoisotopic (exact) mass is 209 g/mol. The molecule has 0 aliphatic carbocycles. The lowest BCUT2D eigenvalue weighted by atomic mass is 10.2. The van der Waals surface area contributed by atoms with Crippen LogP contribution >= 0.6 is 11.6 Å². The van der Waals surface area contributed by atoms with Gasteiger partial charge in [0, 0.05) is 18.6 Å². The molecule has 1 N–H and O–H groups in total. The zero-order valence-electron chi connectivity index (χ0n) is 7.49. The van der Waals surface area contributed by atoms with Crippen LogP contribution in [0.1, 0.15) is 10.4 Å². The summed E-state index contributed by atoms with van der Waals surface area (Å²) in [5.41, 5.74) is 1.10. The van der Waals surface area contributed by atoms with Crippen LogP contribution in [-0.2, 0) is 7.05 Å². The maximum absolute atomic E-state index is 10.7. The van der Waals surface area contributed by atoms with Gasteiger partial charge in [0.2, 0.25) is 0 Å². The largest absolute Gasteiger partial charge is 0.478 e. The summed E-state index contributed by atoms with van der Waals surface area (Å²) in [5.74, 6) is -0.927. The van der Waals surface area contributed by atoms with Gasteiger partial charge in [-0.15, -0.1) is 0 Å². The van der Waals surface area contributed by atoms with Crippen LogP contribution in [0, 0.1) is 0 Å². The number of carboxylic acids is 1. The third-order valence-electron chi connectivity index (χ3n) is 2.19. The quantitative estimate of drug-likeness (QED) is 0.784. The molecular weight excluding hydrogens is 202 g/mol. The normalized spacial score (nSPS) is 10.7. The van der Waals surface area contributed by atoms with Crippen LogP contribution in [0.4, 0.5) is 0 Å². The zero-order chi connectivity index (χ0) is 10.3. The molecule has 0 spiro atoms. The molecule has 4 heteroatoms. The van der Waals surface area contributed by atoms with Crippen molar-refractivity contribution < 1.29 is 9.90 Å². The Bertz CT molecular complexity index is 516. The van der Waals surface area contributed by atoms with E-state index in [9.17, 15) is 4.79 Å². The molecule has 0 unspecified atom stereocenters. The predicted octanol–water partition coefficient (Wildman–Crippen LogP) is 2.53. The zero-order valence-corrected chi connectivity index (χ0v) is 8.25. The molecule has 14 heavy (non-hydrogen) atoms. The molecule has 3 nitrogen and oxygen atoms in total. The number of fused-ring (bicyclic) bond motifs is 1. The molecule has 0 saturated heterocycles. The third-order valence-corrected chi connectivity index (χ3v) is 2.49. The fourth-order valence-corrected chi connectivity index (χ4v) is 1.77. The number of aromatic nitrogens is 1. The van der Waals surface area contributed by atoms with E-state index in [2.05, 4.69) is 0 Å². The minimum atomic E-state index is -0.927. The molecule has 1 aromatic heterocycles. The number of aryl methyl sites for hydroxylation is 1.